The van der Waals surface area contributed by atoms with Crippen molar-refractivity contribution in [2.75, 3.05) is 6.61 Å². The number of benzene rings is 2. The first-order valence-electron chi connectivity index (χ1n) is 9.25. The van der Waals surface area contributed by atoms with Crippen LogP contribution in [0.15, 0.2) is 60.7 Å². The predicted octanol–water partition coefficient (Wildman–Crippen LogP) is 4.50. The van der Waals surface area contributed by atoms with Crippen molar-refractivity contribution in [3.05, 3.63) is 71.8 Å². The Morgan fingerprint density at radius 2 is 1.43 bits per heavy atom. The number of hydrogen-bond acceptors (Lipinski definition) is 5. The van der Waals surface area contributed by atoms with Crippen molar-refractivity contribution < 1.29 is 23.8 Å². The van der Waals surface area contributed by atoms with Crippen LogP contribution in [0, 0.1) is 11.8 Å². The highest BCUT2D eigenvalue weighted by Crippen LogP contribution is 2.36. The Morgan fingerprint density at radius 3 is 2.00 bits per heavy atom. The average Bonchev–Trinajstić information content (AvgIpc) is 2.73. The van der Waals surface area contributed by atoms with Crippen LogP contribution in [0.1, 0.15) is 34.6 Å². The zero-order valence-corrected chi connectivity index (χ0v) is 17.9. The van der Waals surface area contributed by atoms with Crippen LogP contribution in [0.25, 0.3) is 0 Å². The van der Waals surface area contributed by atoms with Crippen molar-refractivity contribution in [1.82, 2.24) is 0 Å². The molecule has 6 heteroatoms. The predicted molar refractivity (Wildman–Crippen MR) is 113 cm³/mol. The van der Waals surface area contributed by atoms with E-state index in [4.69, 9.17) is 14.2 Å². The Bertz CT molecular complexity index is 793. The Balaban J connectivity index is 1.58. The van der Waals surface area contributed by atoms with Crippen molar-refractivity contribution in [3.8, 4) is 0 Å². The second kappa shape index (κ2) is 9.52. The van der Waals surface area contributed by atoms with Crippen LogP contribution in [-0.2, 0) is 14.2 Å². The first kappa shape index (κ1) is 20.8. The van der Waals surface area contributed by atoms with Gasteiger partial charge in [-0.2, -0.15) is 0 Å². The number of halogens is 1. The smallest absolute Gasteiger partial charge is 0.338 e. The molecule has 2 unspecified atom stereocenters. The second-order valence-electron chi connectivity index (χ2n) is 6.94. The maximum atomic E-state index is 12.4. The molecule has 0 radical (unpaired) electrons. The summed E-state index contributed by atoms with van der Waals surface area (Å²) in [7, 11) is 0. The third-order valence-electron chi connectivity index (χ3n) is 5.14. The molecule has 5 atom stereocenters. The van der Waals surface area contributed by atoms with E-state index in [1.807, 2.05) is 26.0 Å². The Hall–Kier alpha value is -1.93. The highest BCUT2D eigenvalue weighted by atomic mass is 127. The minimum Gasteiger partial charge on any atom is -0.459 e. The summed E-state index contributed by atoms with van der Waals surface area (Å²) in [4.78, 5) is 24.6. The molecular weight excluding hydrogens is 471 g/mol. The molecule has 0 spiro atoms. The molecule has 2 aromatic rings. The van der Waals surface area contributed by atoms with Crippen molar-refractivity contribution >= 4 is 34.5 Å². The lowest BCUT2D eigenvalue weighted by Gasteiger charge is -2.42. The lowest BCUT2D eigenvalue weighted by molar-refractivity contribution is -0.143. The molecule has 0 amide bonds. The van der Waals surface area contributed by atoms with Gasteiger partial charge in [0.05, 0.1) is 17.2 Å². The van der Waals surface area contributed by atoms with Crippen molar-refractivity contribution in [2.45, 2.75) is 30.2 Å². The molecule has 0 bridgehead atoms. The van der Waals surface area contributed by atoms with Gasteiger partial charge in [-0.25, -0.2) is 9.59 Å². The van der Waals surface area contributed by atoms with Crippen LogP contribution in [0.2, 0.25) is 0 Å². The van der Waals surface area contributed by atoms with Crippen molar-refractivity contribution in [2.24, 2.45) is 11.8 Å². The van der Waals surface area contributed by atoms with E-state index in [1.165, 1.54) is 0 Å². The monoisotopic (exact) mass is 494 g/mol. The normalized spacial score (nSPS) is 27.0. The van der Waals surface area contributed by atoms with Crippen LogP contribution in [-0.4, -0.2) is 34.9 Å². The molecule has 1 heterocycles. The highest BCUT2D eigenvalue weighted by molar-refractivity contribution is 14.1. The fourth-order valence-corrected chi connectivity index (χ4v) is 4.36. The van der Waals surface area contributed by atoms with E-state index >= 15 is 0 Å². The van der Waals surface area contributed by atoms with Crippen molar-refractivity contribution in [3.63, 3.8) is 0 Å². The van der Waals surface area contributed by atoms with Gasteiger partial charge in [0.25, 0.3) is 0 Å². The second-order valence-corrected chi connectivity index (χ2v) is 8.17. The van der Waals surface area contributed by atoms with E-state index in [1.54, 1.807) is 48.5 Å². The first-order valence-corrected chi connectivity index (χ1v) is 10.5. The highest BCUT2D eigenvalue weighted by Gasteiger charge is 2.43. The van der Waals surface area contributed by atoms with Crippen LogP contribution in [0.5, 0.6) is 0 Å². The molecule has 1 fully saturated rings. The summed E-state index contributed by atoms with van der Waals surface area (Å²) >= 11 is 2.14. The summed E-state index contributed by atoms with van der Waals surface area (Å²) in [5.41, 5.74) is 1.03. The maximum Gasteiger partial charge on any atom is 0.338 e. The van der Waals surface area contributed by atoms with Gasteiger partial charge < -0.3 is 14.2 Å². The van der Waals surface area contributed by atoms with E-state index in [9.17, 15) is 9.59 Å². The summed E-state index contributed by atoms with van der Waals surface area (Å²) in [6.45, 7) is 4.23. The SMILES string of the molecule is C[C@@H]1C(COC(=O)c2ccccc2)O[C@H](I)C(OC(=O)c2ccccc2)[C@H]1C. The van der Waals surface area contributed by atoms with Crippen molar-refractivity contribution in [1.29, 1.82) is 0 Å². The number of rotatable bonds is 5. The largest absolute Gasteiger partial charge is 0.459 e. The first-order chi connectivity index (χ1) is 13.5. The molecule has 0 N–H and O–H groups in total. The Kier molecular flexibility index (Phi) is 7.07. The topological polar surface area (TPSA) is 61.8 Å². The molecule has 0 aliphatic carbocycles. The van der Waals surface area contributed by atoms with Crippen LogP contribution < -0.4 is 0 Å². The van der Waals surface area contributed by atoms with Gasteiger partial charge in [-0.3, -0.25) is 0 Å². The van der Waals surface area contributed by atoms with Gasteiger partial charge in [-0.05, 0) is 52.8 Å². The van der Waals surface area contributed by atoms with E-state index in [2.05, 4.69) is 22.6 Å². The van der Waals surface area contributed by atoms with Crippen LogP contribution >= 0.6 is 22.6 Å². The molecule has 1 saturated heterocycles. The van der Waals surface area contributed by atoms with Crippen LogP contribution in [0.4, 0.5) is 0 Å². The minimum atomic E-state index is -0.371. The zero-order chi connectivity index (χ0) is 20.1. The third-order valence-corrected chi connectivity index (χ3v) is 6.14. The summed E-state index contributed by atoms with van der Waals surface area (Å²) in [6.07, 6.45) is -0.624. The molecule has 0 aromatic heterocycles. The van der Waals surface area contributed by atoms with Gasteiger partial charge in [0.2, 0.25) is 0 Å². The molecule has 1 aliphatic heterocycles. The molecule has 5 nitrogen and oxygen atoms in total. The lowest BCUT2D eigenvalue weighted by atomic mass is 9.84. The number of hydrogen-bond donors (Lipinski definition) is 0. The molecular formula is C22H23IO5. The van der Waals surface area contributed by atoms with Gasteiger partial charge in [0.15, 0.2) is 0 Å². The lowest BCUT2D eigenvalue weighted by Crippen LogP contribution is -2.50. The quantitative estimate of drug-likeness (QED) is 0.348. The average molecular weight is 494 g/mol. The number of ether oxygens (including phenoxy) is 3. The molecule has 0 saturated carbocycles. The number of esters is 2. The van der Waals surface area contributed by atoms with Gasteiger partial charge in [-0.15, -0.1) is 0 Å². The maximum absolute atomic E-state index is 12.4. The minimum absolute atomic E-state index is 0.0585. The standard InChI is InChI=1S/C22H23IO5/c1-14-15(2)19(28-22(25)17-11-7-4-8-12-17)20(23)27-18(14)13-26-21(24)16-9-5-3-6-10-16/h3-12,14-15,18-20H,13H2,1-2H3/t14-,15-,18?,19?,20-/m0/s1. The van der Waals surface area contributed by atoms with E-state index in [0.717, 1.165) is 0 Å². The van der Waals surface area contributed by atoms with E-state index in [0.29, 0.717) is 11.1 Å². The third kappa shape index (κ3) is 4.91. The fourth-order valence-electron chi connectivity index (χ4n) is 3.18. The molecule has 1 aliphatic rings. The van der Waals surface area contributed by atoms with E-state index in [-0.39, 0.29) is 46.7 Å². The van der Waals surface area contributed by atoms with Gasteiger partial charge in [-0.1, -0.05) is 50.2 Å². The molecule has 2 aromatic carbocycles. The zero-order valence-electron chi connectivity index (χ0n) is 15.8. The van der Waals surface area contributed by atoms with Gasteiger partial charge in [0, 0.05) is 5.92 Å². The Labute approximate surface area is 178 Å². The number of carbonyl (C=O) groups excluding carboxylic acids is 2. The Morgan fingerprint density at radius 1 is 0.893 bits per heavy atom. The van der Waals surface area contributed by atoms with E-state index < -0.39 is 0 Å². The molecule has 148 valence electrons. The summed E-state index contributed by atoms with van der Waals surface area (Å²) in [6, 6.07) is 17.8. The molecule has 28 heavy (non-hydrogen) atoms. The summed E-state index contributed by atoms with van der Waals surface area (Å²) in [5, 5.41) is 0. The van der Waals surface area contributed by atoms with Gasteiger partial charge >= 0.3 is 11.9 Å². The van der Waals surface area contributed by atoms with Gasteiger partial charge in [0.1, 0.15) is 16.8 Å². The summed E-state index contributed by atoms with van der Waals surface area (Å²) < 4.78 is 16.9. The number of carbonyl (C=O) groups is 2. The van der Waals surface area contributed by atoms with Crippen LogP contribution in [0.3, 0.4) is 0 Å². The number of alkyl halides is 1. The summed E-state index contributed by atoms with van der Waals surface area (Å²) in [5.74, 6) is -0.609. The fraction of sp³-hybridized carbons (Fsp3) is 0.364. The molecule has 3 rings (SSSR count).